The molecule has 0 fully saturated rings. The molecule has 2 atom stereocenters. The quantitative estimate of drug-likeness (QED) is 0.140. The average molecular weight is 500 g/mol. The number of carbonyl (C=O) groups is 2. The number of para-hydroxylation sites is 1. The van der Waals surface area contributed by atoms with Crippen molar-refractivity contribution < 1.29 is 9.59 Å². The van der Waals surface area contributed by atoms with E-state index in [2.05, 4.69) is 24.5 Å². The van der Waals surface area contributed by atoms with Crippen LogP contribution >= 0.6 is 34.7 Å². The number of hydrogen-bond donors (Lipinski definition) is 3. The fourth-order valence-corrected chi connectivity index (χ4v) is 6.11. The van der Waals surface area contributed by atoms with E-state index in [-0.39, 0.29) is 11.9 Å². The van der Waals surface area contributed by atoms with E-state index < -0.39 is 17.4 Å². The highest BCUT2D eigenvalue weighted by atomic mass is 35.5. The largest absolute Gasteiger partial charge is 0.352 e. The summed E-state index contributed by atoms with van der Waals surface area (Å²) in [5.41, 5.74) is 6.33. The Balaban J connectivity index is 2.30. The first kappa shape index (κ1) is 26.5. The smallest absolute Gasteiger partial charge is 0.318 e. The van der Waals surface area contributed by atoms with Gasteiger partial charge in [-0.2, -0.15) is 0 Å². The number of primary amides is 1. The van der Waals surface area contributed by atoms with Gasteiger partial charge in [-0.15, -0.1) is 22.9 Å². The third-order valence-electron chi connectivity index (χ3n) is 4.96. The van der Waals surface area contributed by atoms with Gasteiger partial charge in [0.1, 0.15) is 5.37 Å². The lowest BCUT2D eigenvalue weighted by atomic mass is 10.2. The van der Waals surface area contributed by atoms with Gasteiger partial charge in [-0.1, -0.05) is 63.4 Å². The Hall–Kier alpha value is -1.71. The second-order valence-corrected chi connectivity index (χ2v) is 10.3. The fourth-order valence-electron chi connectivity index (χ4n) is 3.28. The lowest BCUT2D eigenvalue weighted by molar-refractivity contribution is 0.182. The van der Waals surface area contributed by atoms with E-state index in [1.165, 1.54) is 11.8 Å². The summed E-state index contributed by atoms with van der Waals surface area (Å²) in [6.07, 6.45) is 5.99. The van der Waals surface area contributed by atoms with Crippen LogP contribution in [0.15, 0.2) is 28.6 Å². The van der Waals surface area contributed by atoms with Gasteiger partial charge in [0.05, 0.1) is 16.3 Å². The highest BCUT2D eigenvalue weighted by molar-refractivity contribution is 8.01. The molecule has 4 amide bonds. The lowest BCUT2D eigenvalue weighted by Crippen LogP contribution is -2.56. The molecule has 2 unspecified atom stereocenters. The van der Waals surface area contributed by atoms with Gasteiger partial charge in [0.2, 0.25) is 0 Å². The molecule has 0 aliphatic heterocycles. The van der Waals surface area contributed by atoms with Crippen LogP contribution in [-0.4, -0.2) is 52.3 Å². The molecule has 2 rings (SSSR count). The molecule has 0 bridgehead atoms. The van der Waals surface area contributed by atoms with E-state index in [0.29, 0.717) is 13.1 Å². The Kier molecular flexibility index (Phi) is 12.0. The number of benzene rings is 1. The van der Waals surface area contributed by atoms with E-state index in [9.17, 15) is 9.59 Å². The van der Waals surface area contributed by atoms with Gasteiger partial charge in [-0.3, -0.25) is 0 Å². The summed E-state index contributed by atoms with van der Waals surface area (Å²) in [6, 6.07) is 6.57. The van der Waals surface area contributed by atoms with Gasteiger partial charge in [0.15, 0.2) is 4.34 Å². The number of urea groups is 2. The number of unbranched alkanes of at least 4 members (excludes halogenated alkanes) is 4. The minimum atomic E-state index is -0.664. The molecule has 7 nitrogen and oxygen atoms in total. The van der Waals surface area contributed by atoms with Crippen LogP contribution in [0, 0.1) is 0 Å². The number of aromatic nitrogens is 1. The molecule has 0 radical (unpaired) electrons. The number of halogens is 1. The Bertz CT molecular complexity index is 818. The van der Waals surface area contributed by atoms with Crippen molar-refractivity contribution in [3.05, 3.63) is 24.3 Å². The number of nitrogens with one attached hydrogen (secondary N) is 2. The first-order valence-electron chi connectivity index (χ1n) is 11.2. The average Bonchev–Trinajstić information content (AvgIpc) is 3.19. The van der Waals surface area contributed by atoms with Crippen LogP contribution in [-0.2, 0) is 0 Å². The van der Waals surface area contributed by atoms with Crippen LogP contribution in [0.5, 0.6) is 0 Å². The summed E-state index contributed by atoms with van der Waals surface area (Å²) in [6.45, 7) is 5.43. The van der Waals surface area contributed by atoms with Crippen molar-refractivity contribution >= 4 is 57.0 Å². The van der Waals surface area contributed by atoms with Crippen LogP contribution in [0.2, 0.25) is 0 Å². The molecule has 2 aromatic rings. The van der Waals surface area contributed by atoms with Crippen molar-refractivity contribution in [2.45, 2.75) is 68.1 Å². The molecular weight excluding hydrogens is 466 g/mol. The van der Waals surface area contributed by atoms with Gasteiger partial charge in [-0.05, 0) is 25.0 Å². The molecule has 1 heterocycles. The van der Waals surface area contributed by atoms with Crippen molar-refractivity contribution in [1.29, 1.82) is 0 Å². The summed E-state index contributed by atoms with van der Waals surface area (Å²) >= 11 is 9.25. The van der Waals surface area contributed by atoms with Crippen molar-refractivity contribution in [2.24, 2.45) is 5.73 Å². The van der Waals surface area contributed by atoms with E-state index >= 15 is 0 Å². The third kappa shape index (κ3) is 8.33. The molecule has 0 saturated carbocycles. The van der Waals surface area contributed by atoms with E-state index in [0.717, 1.165) is 53.1 Å². The zero-order chi connectivity index (χ0) is 23.3. The van der Waals surface area contributed by atoms with Crippen LogP contribution in [0.25, 0.3) is 10.2 Å². The predicted molar refractivity (Wildman–Crippen MR) is 136 cm³/mol. The summed E-state index contributed by atoms with van der Waals surface area (Å²) < 4.78 is 1.89. The minimum Gasteiger partial charge on any atom is -0.352 e. The predicted octanol–water partition coefficient (Wildman–Crippen LogP) is 5.38. The van der Waals surface area contributed by atoms with Gasteiger partial charge >= 0.3 is 12.1 Å². The van der Waals surface area contributed by atoms with Crippen molar-refractivity contribution in [1.82, 2.24) is 20.5 Å². The minimum absolute atomic E-state index is 0.124. The SMILES string of the molecule is CCCCCNC(=O)N(CCCCC)C(Sc1nc2ccccc2s1)C(CCl)NC(N)=O. The summed E-state index contributed by atoms with van der Waals surface area (Å²) in [5.74, 6) is 0.124. The van der Waals surface area contributed by atoms with Crippen LogP contribution < -0.4 is 16.4 Å². The first-order chi connectivity index (χ1) is 15.5. The Morgan fingerprint density at radius 1 is 1.19 bits per heavy atom. The second-order valence-electron chi connectivity index (χ2n) is 7.56. The summed E-state index contributed by atoms with van der Waals surface area (Å²) in [7, 11) is 0. The molecule has 4 N–H and O–H groups in total. The maximum Gasteiger partial charge on any atom is 0.318 e. The van der Waals surface area contributed by atoms with E-state index in [1.54, 1.807) is 16.2 Å². The number of hydrogen-bond acceptors (Lipinski definition) is 5. The molecule has 10 heteroatoms. The number of fused-ring (bicyclic) bond motifs is 1. The maximum absolute atomic E-state index is 13.2. The zero-order valence-corrected chi connectivity index (χ0v) is 21.2. The highest BCUT2D eigenvalue weighted by Gasteiger charge is 2.33. The normalized spacial score (nSPS) is 13.0. The standard InChI is InChI=1S/C22H34ClN5O2S2/c1-3-5-9-13-25-21(30)28(14-10-6-4-2)19(17(15-23)26-20(24)29)32-22-27-16-11-7-8-12-18(16)31-22/h7-8,11-12,17,19H,3-6,9-10,13-15H2,1-2H3,(H,25,30)(H3,24,26,29). The highest BCUT2D eigenvalue weighted by Crippen LogP contribution is 2.35. The summed E-state index contributed by atoms with van der Waals surface area (Å²) in [4.78, 5) is 31.4. The van der Waals surface area contributed by atoms with Crippen molar-refractivity contribution in [3.8, 4) is 0 Å². The number of nitrogens with two attached hydrogens (primary N) is 1. The van der Waals surface area contributed by atoms with Crippen LogP contribution in [0.3, 0.4) is 0 Å². The van der Waals surface area contributed by atoms with E-state index in [4.69, 9.17) is 22.3 Å². The lowest BCUT2D eigenvalue weighted by Gasteiger charge is -2.35. The molecule has 0 saturated heterocycles. The number of thiazole rings is 1. The second kappa shape index (κ2) is 14.4. The Morgan fingerprint density at radius 3 is 2.56 bits per heavy atom. The number of amides is 4. The zero-order valence-electron chi connectivity index (χ0n) is 18.8. The molecule has 0 aliphatic rings. The Labute approximate surface area is 203 Å². The van der Waals surface area contributed by atoms with Crippen LogP contribution in [0.1, 0.15) is 52.4 Å². The number of rotatable bonds is 14. The molecule has 1 aromatic carbocycles. The maximum atomic E-state index is 13.2. The van der Waals surface area contributed by atoms with Crippen molar-refractivity contribution in [2.75, 3.05) is 19.0 Å². The van der Waals surface area contributed by atoms with E-state index in [1.807, 2.05) is 24.3 Å². The summed E-state index contributed by atoms with van der Waals surface area (Å²) in [5, 5.41) is 5.33. The molecular formula is C22H34ClN5O2S2. The number of thioether (sulfide) groups is 1. The van der Waals surface area contributed by atoms with Crippen LogP contribution in [0.4, 0.5) is 9.59 Å². The molecule has 178 valence electrons. The number of carbonyl (C=O) groups excluding carboxylic acids is 2. The first-order valence-corrected chi connectivity index (χ1v) is 13.4. The Morgan fingerprint density at radius 2 is 1.91 bits per heavy atom. The van der Waals surface area contributed by atoms with Gasteiger partial charge in [0, 0.05) is 19.0 Å². The number of alkyl halides is 1. The molecule has 32 heavy (non-hydrogen) atoms. The topological polar surface area (TPSA) is 100 Å². The molecule has 0 spiro atoms. The van der Waals surface area contributed by atoms with Crippen molar-refractivity contribution in [3.63, 3.8) is 0 Å². The monoisotopic (exact) mass is 499 g/mol. The molecule has 0 aliphatic carbocycles. The fraction of sp³-hybridized carbons (Fsp3) is 0.591. The number of nitrogens with zero attached hydrogens (tertiary/aromatic N) is 2. The van der Waals surface area contributed by atoms with Gasteiger partial charge in [-0.25, -0.2) is 14.6 Å². The van der Waals surface area contributed by atoms with Gasteiger partial charge in [0.25, 0.3) is 0 Å². The third-order valence-corrected chi connectivity index (χ3v) is 7.78. The molecule has 1 aromatic heterocycles. The van der Waals surface area contributed by atoms with Gasteiger partial charge < -0.3 is 21.3 Å².